The summed E-state index contributed by atoms with van der Waals surface area (Å²) in [4.78, 5) is 0.319. The zero-order chi connectivity index (χ0) is 11.6. The van der Waals surface area contributed by atoms with Gasteiger partial charge in [0.15, 0.2) is 9.84 Å². The Morgan fingerprint density at radius 2 is 1.94 bits per heavy atom. The number of rotatable bonds is 2. The molecule has 3 N–H and O–H groups in total. The molecule has 1 aromatic rings. The maximum Gasteiger partial charge on any atom is 0.196 e. The van der Waals surface area contributed by atoms with Crippen molar-refractivity contribution < 1.29 is 13.1 Å². The molecule has 1 aliphatic rings. The quantitative estimate of drug-likeness (QED) is 0.716. The molecule has 0 bridgehead atoms. The minimum Gasteiger partial charge on any atom is -0.313 e. The van der Waals surface area contributed by atoms with Gasteiger partial charge in [-0.2, -0.15) is 0 Å². The number of benzene rings is 1. The molecule has 1 aliphatic heterocycles. The Bertz CT molecular complexity index is 452. The molecule has 7 heteroatoms. The zero-order valence-corrected chi connectivity index (χ0v) is 10.1. The lowest BCUT2D eigenvalue weighted by Crippen LogP contribution is -2.57. The van der Waals surface area contributed by atoms with Crippen LogP contribution in [0.25, 0.3) is 0 Å². The van der Waals surface area contributed by atoms with Crippen LogP contribution in [0.15, 0.2) is 35.2 Å². The Labute approximate surface area is 99.9 Å². The zero-order valence-electron chi connectivity index (χ0n) is 9.24. The minimum absolute atomic E-state index is 0. The van der Waals surface area contributed by atoms with E-state index in [1.807, 2.05) is 0 Å². The monoisotopic (exact) mass is 261 g/mol. The van der Waals surface area contributed by atoms with Crippen LogP contribution in [-0.2, 0) is 9.84 Å². The first-order valence-electron chi connectivity index (χ1n) is 5.13. The van der Waals surface area contributed by atoms with Crippen LogP contribution in [0.4, 0.5) is 4.70 Å². The van der Waals surface area contributed by atoms with Crippen LogP contribution in [0.5, 0.6) is 0 Å². The van der Waals surface area contributed by atoms with Crippen LogP contribution in [0, 0.1) is 0 Å². The van der Waals surface area contributed by atoms with Gasteiger partial charge in [-0.3, -0.25) is 10.5 Å². The maximum absolute atomic E-state index is 12.2. The number of nitrogens with zero attached hydrogens (tertiary/aromatic N) is 1. The molecule has 0 spiro atoms. The van der Waals surface area contributed by atoms with Gasteiger partial charge in [0.25, 0.3) is 0 Å². The second-order valence-electron chi connectivity index (χ2n) is 3.75. The molecule has 0 aliphatic carbocycles. The highest BCUT2D eigenvalue weighted by molar-refractivity contribution is 7.92. The van der Waals surface area contributed by atoms with Crippen molar-refractivity contribution >= 4 is 9.84 Å². The normalized spacial score (nSPS) is 21.8. The van der Waals surface area contributed by atoms with E-state index < -0.39 is 15.2 Å². The van der Waals surface area contributed by atoms with Gasteiger partial charge in [0.2, 0.25) is 0 Å². The van der Waals surface area contributed by atoms with E-state index >= 15 is 0 Å². The highest BCUT2D eigenvalue weighted by atomic mass is 32.2. The van der Waals surface area contributed by atoms with Gasteiger partial charge < -0.3 is 5.32 Å². The Morgan fingerprint density at radius 1 is 1.29 bits per heavy atom. The van der Waals surface area contributed by atoms with Gasteiger partial charge in [0.05, 0.1) is 4.90 Å². The van der Waals surface area contributed by atoms with Gasteiger partial charge in [-0.25, -0.2) is 13.4 Å². The van der Waals surface area contributed by atoms with E-state index in [-0.39, 0.29) is 4.70 Å². The summed E-state index contributed by atoms with van der Waals surface area (Å²) in [6.07, 6.45) is 0. The van der Waals surface area contributed by atoms with Gasteiger partial charge in [-0.1, -0.05) is 18.2 Å². The van der Waals surface area contributed by atoms with Crippen molar-refractivity contribution in [2.45, 2.75) is 10.3 Å². The summed E-state index contributed by atoms with van der Waals surface area (Å²) in [6.45, 7) is 1.63. The van der Waals surface area contributed by atoms with E-state index in [1.165, 1.54) is 5.01 Å². The Hall–Kier alpha value is -1.02. The van der Waals surface area contributed by atoms with Crippen molar-refractivity contribution in [3.8, 4) is 0 Å². The number of nitrogens with two attached hydrogens (primary N) is 1. The Kier molecular flexibility index (Phi) is 4.58. The van der Waals surface area contributed by atoms with Gasteiger partial charge in [0.1, 0.15) is 5.37 Å². The van der Waals surface area contributed by atoms with E-state index in [2.05, 4.69) is 5.32 Å². The first kappa shape index (κ1) is 14.0. The number of nitrogens with one attached hydrogen (secondary N) is 1. The van der Waals surface area contributed by atoms with Gasteiger partial charge >= 0.3 is 0 Å². The van der Waals surface area contributed by atoms with Crippen molar-refractivity contribution in [2.75, 3.05) is 19.6 Å². The summed E-state index contributed by atoms with van der Waals surface area (Å²) in [5.74, 6) is 5.72. The molecule has 0 radical (unpaired) electrons. The van der Waals surface area contributed by atoms with E-state index in [1.54, 1.807) is 30.3 Å². The van der Waals surface area contributed by atoms with Crippen molar-refractivity contribution in [1.29, 1.82) is 0 Å². The fourth-order valence-corrected chi connectivity index (χ4v) is 3.40. The van der Waals surface area contributed by atoms with Crippen LogP contribution < -0.4 is 11.2 Å². The topological polar surface area (TPSA) is 75.4 Å². The summed E-state index contributed by atoms with van der Waals surface area (Å²) < 4.78 is 24.5. The summed E-state index contributed by atoms with van der Waals surface area (Å²) in [5, 5.41) is 3.75. The molecule has 1 atom stereocenters. The maximum atomic E-state index is 12.2. The van der Waals surface area contributed by atoms with E-state index in [0.29, 0.717) is 18.0 Å². The second-order valence-corrected chi connectivity index (χ2v) is 5.86. The molecule has 1 fully saturated rings. The van der Waals surface area contributed by atoms with Crippen molar-refractivity contribution in [3.63, 3.8) is 0 Å². The van der Waals surface area contributed by atoms with Crippen molar-refractivity contribution in [3.05, 3.63) is 30.3 Å². The Balaban J connectivity index is 0.00000144. The first-order valence-corrected chi connectivity index (χ1v) is 6.68. The standard InChI is InChI=1S/C10H15N3O2S.FH/c11-13-7-6-12-8-10(13)16(14,15)9-4-2-1-3-5-9;/h1-5,10,12H,6-8,11H2;1H. The lowest BCUT2D eigenvalue weighted by Gasteiger charge is -2.31. The van der Waals surface area contributed by atoms with Gasteiger partial charge in [-0.05, 0) is 12.1 Å². The van der Waals surface area contributed by atoms with Crippen molar-refractivity contribution in [1.82, 2.24) is 10.3 Å². The number of hydrogen-bond donors (Lipinski definition) is 2. The molecular formula is C10H16FN3O2S. The molecule has 96 valence electrons. The second kappa shape index (κ2) is 5.54. The van der Waals surface area contributed by atoms with Gasteiger partial charge in [0, 0.05) is 19.6 Å². The smallest absolute Gasteiger partial charge is 0.196 e. The number of hydrogen-bond acceptors (Lipinski definition) is 5. The number of halogens is 1. The number of sulfone groups is 1. The lowest BCUT2D eigenvalue weighted by molar-refractivity contribution is 0.215. The average molecular weight is 261 g/mol. The molecule has 17 heavy (non-hydrogen) atoms. The highest BCUT2D eigenvalue weighted by Crippen LogP contribution is 2.17. The van der Waals surface area contributed by atoms with Crippen molar-refractivity contribution in [2.24, 2.45) is 5.84 Å². The third-order valence-corrected chi connectivity index (χ3v) is 4.75. The van der Waals surface area contributed by atoms with Crippen LogP contribution in [0.1, 0.15) is 0 Å². The molecule has 2 rings (SSSR count). The molecule has 1 aromatic carbocycles. The molecular weight excluding hydrogens is 245 g/mol. The predicted octanol–water partition coefficient (Wildman–Crippen LogP) is -0.282. The molecule has 1 unspecified atom stereocenters. The van der Waals surface area contributed by atoms with Crippen LogP contribution in [0.3, 0.4) is 0 Å². The number of piperazine rings is 1. The molecule has 0 aromatic heterocycles. The van der Waals surface area contributed by atoms with Crippen LogP contribution in [-0.4, -0.2) is 38.4 Å². The van der Waals surface area contributed by atoms with E-state index in [0.717, 1.165) is 6.54 Å². The lowest BCUT2D eigenvalue weighted by atomic mass is 10.4. The summed E-state index contributed by atoms with van der Waals surface area (Å²) in [5.41, 5.74) is 0. The summed E-state index contributed by atoms with van der Waals surface area (Å²) in [7, 11) is -3.37. The van der Waals surface area contributed by atoms with Crippen LogP contribution in [0.2, 0.25) is 0 Å². The molecule has 5 nitrogen and oxygen atoms in total. The summed E-state index contributed by atoms with van der Waals surface area (Å²) >= 11 is 0. The molecule has 0 saturated carbocycles. The number of hydrazine groups is 1. The van der Waals surface area contributed by atoms with Gasteiger partial charge in [-0.15, -0.1) is 0 Å². The first-order chi connectivity index (χ1) is 7.62. The van der Waals surface area contributed by atoms with Crippen LogP contribution >= 0.6 is 0 Å². The third kappa shape index (κ3) is 2.81. The minimum atomic E-state index is -3.37. The fraction of sp³-hybridized carbons (Fsp3) is 0.400. The van der Waals surface area contributed by atoms with E-state index in [4.69, 9.17) is 5.84 Å². The fourth-order valence-electron chi connectivity index (χ4n) is 1.75. The highest BCUT2D eigenvalue weighted by Gasteiger charge is 2.33. The average Bonchev–Trinajstić information content (AvgIpc) is 2.30. The summed E-state index contributed by atoms with van der Waals surface area (Å²) in [6, 6.07) is 8.40. The van der Waals surface area contributed by atoms with E-state index in [9.17, 15) is 8.42 Å². The predicted molar refractivity (Wildman–Crippen MR) is 63.7 cm³/mol. The largest absolute Gasteiger partial charge is 0.313 e. The Morgan fingerprint density at radius 3 is 2.53 bits per heavy atom. The molecule has 1 saturated heterocycles. The SMILES string of the molecule is F.NN1CCNCC1S(=O)(=O)c1ccccc1. The molecule has 0 amide bonds. The third-order valence-electron chi connectivity index (χ3n) is 2.67. The molecule has 1 heterocycles.